The molecular formula is C13H17F2NO3. The molecule has 0 bridgehead atoms. The summed E-state index contributed by atoms with van der Waals surface area (Å²) in [6, 6.07) is 2.71. The molecule has 4 nitrogen and oxygen atoms in total. The van der Waals surface area contributed by atoms with Gasteiger partial charge in [-0.05, 0) is 0 Å². The molecule has 0 saturated carbocycles. The second kappa shape index (κ2) is 6.47. The number of halogens is 2. The van der Waals surface area contributed by atoms with E-state index in [1.54, 1.807) is 13.8 Å². The number of hydrogen-bond donors (Lipinski definition) is 2. The SMILES string of the molecule is CC(C)(CO)CNC(=O)COc1cc(F)cc(F)c1. The van der Waals surface area contributed by atoms with Crippen LogP contribution in [0.2, 0.25) is 0 Å². The van der Waals surface area contributed by atoms with Crippen molar-refractivity contribution < 1.29 is 23.4 Å². The van der Waals surface area contributed by atoms with Gasteiger partial charge in [0.1, 0.15) is 17.4 Å². The van der Waals surface area contributed by atoms with E-state index >= 15 is 0 Å². The van der Waals surface area contributed by atoms with Gasteiger partial charge in [-0.25, -0.2) is 8.78 Å². The highest BCUT2D eigenvalue weighted by Gasteiger charge is 2.17. The van der Waals surface area contributed by atoms with Crippen LogP contribution < -0.4 is 10.1 Å². The lowest BCUT2D eigenvalue weighted by Crippen LogP contribution is -2.38. The van der Waals surface area contributed by atoms with Gasteiger partial charge >= 0.3 is 0 Å². The molecule has 0 aliphatic rings. The molecule has 1 aromatic rings. The van der Waals surface area contributed by atoms with Gasteiger partial charge in [-0.2, -0.15) is 0 Å². The van der Waals surface area contributed by atoms with Gasteiger partial charge in [0.15, 0.2) is 6.61 Å². The lowest BCUT2D eigenvalue weighted by atomic mass is 9.95. The zero-order valence-electron chi connectivity index (χ0n) is 10.9. The number of ether oxygens (including phenoxy) is 1. The molecule has 0 atom stereocenters. The minimum absolute atomic E-state index is 0.0472. The number of nitrogens with one attached hydrogen (secondary N) is 1. The predicted octanol–water partition coefficient (Wildman–Crippen LogP) is 1.48. The Labute approximate surface area is 110 Å². The lowest BCUT2D eigenvalue weighted by molar-refractivity contribution is -0.123. The monoisotopic (exact) mass is 273 g/mol. The molecule has 1 aromatic carbocycles. The first-order chi connectivity index (χ1) is 8.82. The summed E-state index contributed by atoms with van der Waals surface area (Å²) in [4.78, 5) is 11.4. The molecule has 0 radical (unpaired) electrons. The van der Waals surface area contributed by atoms with Crippen LogP contribution in [0.25, 0.3) is 0 Å². The number of carbonyl (C=O) groups is 1. The van der Waals surface area contributed by atoms with E-state index in [4.69, 9.17) is 9.84 Å². The smallest absolute Gasteiger partial charge is 0.257 e. The van der Waals surface area contributed by atoms with Crippen LogP contribution in [0.1, 0.15) is 13.8 Å². The Balaban J connectivity index is 2.42. The fraction of sp³-hybridized carbons (Fsp3) is 0.462. The van der Waals surface area contributed by atoms with Gasteiger partial charge in [-0.15, -0.1) is 0 Å². The third-order valence-electron chi connectivity index (χ3n) is 2.40. The number of carbonyl (C=O) groups excluding carboxylic acids is 1. The highest BCUT2D eigenvalue weighted by molar-refractivity contribution is 5.77. The summed E-state index contributed by atoms with van der Waals surface area (Å²) in [6.45, 7) is 3.45. The van der Waals surface area contributed by atoms with Crippen LogP contribution in [-0.2, 0) is 4.79 Å². The summed E-state index contributed by atoms with van der Waals surface area (Å²) in [5, 5.41) is 11.6. The van der Waals surface area contributed by atoms with E-state index in [1.807, 2.05) is 0 Å². The van der Waals surface area contributed by atoms with E-state index in [0.29, 0.717) is 0 Å². The molecule has 0 aliphatic heterocycles. The number of amides is 1. The van der Waals surface area contributed by atoms with Crippen molar-refractivity contribution in [3.8, 4) is 5.75 Å². The summed E-state index contributed by atoms with van der Waals surface area (Å²) in [7, 11) is 0. The molecule has 0 aromatic heterocycles. The van der Waals surface area contributed by atoms with E-state index < -0.39 is 23.0 Å². The van der Waals surface area contributed by atoms with Gasteiger partial charge < -0.3 is 15.2 Å². The van der Waals surface area contributed by atoms with E-state index in [9.17, 15) is 13.6 Å². The van der Waals surface area contributed by atoms with Gasteiger partial charge in [0.25, 0.3) is 5.91 Å². The molecule has 1 amide bonds. The van der Waals surface area contributed by atoms with Gasteiger partial charge in [-0.3, -0.25) is 4.79 Å². The summed E-state index contributed by atoms with van der Waals surface area (Å²) in [5.41, 5.74) is -0.430. The van der Waals surface area contributed by atoms with Gasteiger partial charge in [0, 0.05) is 36.8 Å². The van der Waals surface area contributed by atoms with Crippen LogP contribution in [0.5, 0.6) is 5.75 Å². The maximum absolute atomic E-state index is 12.9. The van der Waals surface area contributed by atoms with Crippen molar-refractivity contribution >= 4 is 5.91 Å². The fourth-order valence-corrected chi connectivity index (χ4v) is 1.21. The highest BCUT2D eigenvalue weighted by Crippen LogP contribution is 2.15. The zero-order valence-corrected chi connectivity index (χ0v) is 10.9. The summed E-state index contributed by atoms with van der Waals surface area (Å²) < 4.78 is 30.7. The average molecular weight is 273 g/mol. The number of aliphatic hydroxyl groups excluding tert-OH is 1. The molecule has 2 N–H and O–H groups in total. The summed E-state index contributed by atoms with van der Waals surface area (Å²) in [6.07, 6.45) is 0. The van der Waals surface area contributed by atoms with Gasteiger partial charge in [0.05, 0.1) is 0 Å². The van der Waals surface area contributed by atoms with Crippen molar-refractivity contribution in [3.05, 3.63) is 29.8 Å². The molecule has 19 heavy (non-hydrogen) atoms. The minimum atomic E-state index is -0.767. The fourth-order valence-electron chi connectivity index (χ4n) is 1.21. The standard InChI is InChI=1S/C13H17F2NO3/c1-13(2,8-17)7-16-12(18)6-19-11-4-9(14)3-10(15)5-11/h3-5,17H,6-8H2,1-2H3,(H,16,18). The molecule has 0 fully saturated rings. The molecule has 1 rings (SSSR count). The lowest BCUT2D eigenvalue weighted by Gasteiger charge is -2.21. The average Bonchev–Trinajstić information content (AvgIpc) is 2.33. The third-order valence-corrected chi connectivity index (χ3v) is 2.40. The molecule has 0 aliphatic carbocycles. The quantitative estimate of drug-likeness (QED) is 0.825. The van der Waals surface area contributed by atoms with Crippen molar-refractivity contribution in [1.82, 2.24) is 5.32 Å². The van der Waals surface area contributed by atoms with Crippen molar-refractivity contribution in [1.29, 1.82) is 0 Å². The molecule has 0 spiro atoms. The van der Waals surface area contributed by atoms with E-state index in [1.165, 1.54) is 0 Å². The molecule has 106 valence electrons. The van der Waals surface area contributed by atoms with Crippen molar-refractivity contribution in [2.75, 3.05) is 19.8 Å². The van der Waals surface area contributed by atoms with Crippen LogP contribution >= 0.6 is 0 Å². The maximum Gasteiger partial charge on any atom is 0.257 e. The van der Waals surface area contributed by atoms with Crippen molar-refractivity contribution in [2.24, 2.45) is 5.41 Å². The van der Waals surface area contributed by atoms with E-state index in [-0.39, 0.29) is 25.5 Å². The zero-order chi connectivity index (χ0) is 14.5. The second-order valence-electron chi connectivity index (χ2n) is 4.99. The molecule has 0 unspecified atom stereocenters. The largest absolute Gasteiger partial charge is 0.484 e. The van der Waals surface area contributed by atoms with Crippen LogP contribution in [-0.4, -0.2) is 30.8 Å². The molecular weight excluding hydrogens is 256 g/mol. The summed E-state index contributed by atoms with van der Waals surface area (Å²) in [5.74, 6) is -2.01. The predicted molar refractivity (Wildman–Crippen MR) is 65.7 cm³/mol. The number of rotatable bonds is 6. The minimum Gasteiger partial charge on any atom is -0.484 e. The normalized spacial score (nSPS) is 11.2. The molecule has 0 heterocycles. The van der Waals surface area contributed by atoms with Gasteiger partial charge in [-0.1, -0.05) is 13.8 Å². The topological polar surface area (TPSA) is 58.6 Å². The molecule has 6 heteroatoms. The van der Waals surface area contributed by atoms with Crippen molar-refractivity contribution in [2.45, 2.75) is 13.8 Å². The Morgan fingerprint density at radius 3 is 2.42 bits per heavy atom. The maximum atomic E-state index is 12.9. The van der Waals surface area contributed by atoms with E-state index in [2.05, 4.69) is 5.32 Å². The first kappa shape index (κ1) is 15.4. The Morgan fingerprint density at radius 1 is 1.32 bits per heavy atom. The van der Waals surface area contributed by atoms with Crippen LogP contribution in [0.3, 0.4) is 0 Å². The Kier molecular flexibility index (Phi) is 5.23. The number of aliphatic hydroxyl groups is 1. The first-order valence-electron chi connectivity index (χ1n) is 5.79. The Bertz CT molecular complexity index is 429. The Hall–Kier alpha value is -1.69. The number of hydrogen-bond acceptors (Lipinski definition) is 3. The van der Waals surface area contributed by atoms with Gasteiger partial charge in [0.2, 0.25) is 0 Å². The third kappa shape index (κ3) is 5.65. The molecule has 0 saturated heterocycles. The van der Waals surface area contributed by atoms with E-state index in [0.717, 1.165) is 18.2 Å². The summed E-state index contributed by atoms with van der Waals surface area (Å²) >= 11 is 0. The van der Waals surface area contributed by atoms with Crippen LogP contribution in [0.4, 0.5) is 8.78 Å². The van der Waals surface area contributed by atoms with Crippen molar-refractivity contribution in [3.63, 3.8) is 0 Å². The number of benzene rings is 1. The second-order valence-corrected chi connectivity index (χ2v) is 4.99. The Morgan fingerprint density at radius 2 is 1.89 bits per heavy atom. The van der Waals surface area contributed by atoms with Crippen LogP contribution in [0, 0.1) is 17.0 Å². The van der Waals surface area contributed by atoms with Crippen LogP contribution in [0.15, 0.2) is 18.2 Å². The first-order valence-corrected chi connectivity index (χ1v) is 5.79. The highest BCUT2D eigenvalue weighted by atomic mass is 19.1.